The van der Waals surface area contributed by atoms with Crippen molar-refractivity contribution in [3.8, 4) is 0 Å². The van der Waals surface area contributed by atoms with Gasteiger partial charge in [-0.1, -0.05) is 49.3 Å². The number of aromatic nitrogens is 15. The number of benzene rings is 1. The Morgan fingerprint density at radius 3 is 0.926 bits per heavy atom. The van der Waals surface area contributed by atoms with E-state index in [2.05, 4.69) is 61.4 Å². The summed E-state index contributed by atoms with van der Waals surface area (Å²) < 4.78 is 36.4. The molecule has 0 bridgehead atoms. The molecule has 1 aromatic carbocycles. The van der Waals surface area contributed by atoms with Crippen LogP contribution in [0.15, 0.2) is 50.4 Å². The molecule has 6 aromatic heterocycles. The van der Waals surface area contributed by atoms with Crippen molar-refractivity contribution in [2.75, 3.05) is 19.8 Å². The predicted molar refractivity (Wildman–Crippen MR) is 251 cm³/mol. The van der Waals surface area contributed by atoms with E-state index < -0.39 is 128 Å². The predicted octanol–water partition coefficient (Wildman–Crippen LogP) is -9.03. The lowest BCUT2D eigenvalue weighted by atomic mass is 9.92. The van der Waals surface area contributed by atoms with Crippen molar-refractivity contribution >= 4 is 0 Å². The van der Waals surface area contributed by atoms with Crippen LogP contribution < -0.4 is 0 Å². The first-order chi connectivity index (χ1) is 38.7. The van der Waals surface area contributed by atoms with E-state index in [9.17, 15) is 76.6 Å². The van der Waals surface area contributed by atoms with Gasteiger partial charge in [0.15, 0.2) is 0 Å². The van der Waals surface area contributed by atoms with Crippen LogP contribution >= 0.6 is 0 Å². The number of hydrogen-bond donors (Lipinski definition) is 15. The highest BCUT2D eigenvalue weighted by atomic mass is 16.7. The monoisotopic (exact) mass is 1140 g/mol. The molecule has 3 fully saturated rings. The number of aliphatic hydroxyl groups excluding tert-OH is 12. The van der Waals surface area contributed by atoms with Gasteiger partial charge < -0.3 is 104 Å². The minimum Gasteiger partial charge on any atom is -0.394 e. The second-order valence-corrected chi connectivity index (χ2v) is 19.8. The molecule has 36 nitrogen and oxygen atoms in total. The summed E-state index contributed by atoms with van der Waals surface area (Å²) in [6.07, 6.45) is -15.4. The van der Waals surface area contributed by atoms with Crippen molar-refractivity contribution in [3.63, 3.8) is 0 Å². The minimum absolute atomic E-state index is 0.000235. The van der Waals surface area contributed by atoms with Gasteiger partial charge in [0.05, 0.1) is 56.5 Å². The first kappa shape index (κ1) is 57.6. The van der Waals surface area contributed by atoms with Crippen molar-refractivity contribution in [1.29, 1.82) is 0 Å². The zero-order chi connectivity index (χ0) is 57.5. The van der Waals surface area contributed by atoms with E-state index in [1.165, 1.54) is 0 Å². The Hall–Kier alpha value is -6.66. The number of ether oxygens (including phenoxy) is 3. The maximum atomic E-state index is 11.1. The SMILES string of the molecule is OC[C@H]1O[C@](O)(c2noc(CCc3cn(Cc4cc(Cn5cc(CCc6nc([C@@]7(O)O[C@H](CO)[C@@H](O)[C@H](O)[C@H]7O)no6)nn5)cc(Cn5cc(CCc6nc([C@@]7(O)O[C@H](CO)[C@@H](O)[C@H](O)[C@H]7O)no6)nn5)c4)nn3)n2)[C@H](O)[C@@H](O)[C@@H]1O. The number of aryl methyl sites for hydroxylation is 6. The lowest BCUT2D eigenvalue weighted by Crippen LogP contribution is -2.63. The third kappa shape index (κ3) is 11.6. The average Bonchev–Trinajstić information content (AvgIpc) is 4.36. The molecule has 3 saturated heterocycles. The van der Waals surface area contributed by atoms with Crippen molar-refractivity contribution < 1.29 is 104 Å². The maximum absolute atomic E-state index is 11.1. The second-order valence-electron chi connectivity index (χ2n) is 19.8. The zero-order valence-corrected chi connectivity index (χ0v) is 42.2. The number of nitrogens with zero attached hydrogens (tertiary/aromatic N) is 15. The lowest BCUT2D eigenvalue weighted by molar-refractivity contribution is -0.361. The molecule has 7 aromatic rings. The summed E-state index contributed by atoms with van der Waals surface area (Å²) >= 11 is 0. The quantitative estimate of drug-likeness (QED) is 0.0318. The smallest absolute Gasteiger partial charge is 0.261 e. The Morgan fingerprint density at radius 1 is 0.395 bits per heavy atom. The Kier molecular flexibility index (Phi) is 16.6. The van der Waals surface area contributed by atoms with E-state index >= 15 is 0 Å². The first-order valence-electron chi connectivity index (χ1n) is 25.2. The van der Waals surface area contributed by atoms with Crippen molar-refractivity contribution in [2.24, 2.45) is 0 Å². The third-order valence-electron chi connectivity index (χ3n) is 14.0. The van der Waals surface area contributed by atoms with Crippen LogP contribution in [0.4, 0.5) is 0 Å². The zero-order valence-electron chi connectivity index (χ0n) is 42.2. The third-order valence-corrected chi connectivity index (χ3v) is 14.0. The lowest BCUT2D eigenvalue weighted by Gasteiger charge is -2.43. The number of aliphatic hydroxyl groups is 15. The highest BCUT2D eigenvalue weighted by Gasteiger charge is 2.59. The highest BCUT2D eigenvalue weighted by Crippen LogP contribution is 2.38. The molecule has 3 aliphatic rings. The summed E-state index contributed by atoms with van der Waals surface area (Å²) in [6, 6.07) is 5.77. The van der Waals surface area contributed by atoms with Crippen LogP contribution in [0.2, 0.25) is 0 Å². The Morgan fingerprint density at radius 2 is 0.667 bits per heavy atom. The summed E-state index contributed by atoms with van der Waals surface area (Å²) in [5.74, 6) is -9.72. The van der Waals surface area contributed by atoms with Crippen LogP contribution in [0.3, 0.4) is 0 Å². The molecule has 3 aliphatic heterocycles. The van der Waals surface area contributed by atoms with Gasteiger partial charge in [-0.05, 0) is 16.7 Å². The molecule has 36 heteroatoms. The number of hydrogen-bond acceptors (Lipinski definition) is 33. The molecule has 0 saturated carbocycles. The summed E-state index contributed by atoms with van der Waals surface area (Å²) in [5.41, 5.74) is 3.84. The Labute approximate surface area is 453 Å². The summed E-state index contributed by atoms with van der Waals surface area (Å²) in [7, 11) is 0. The van der Waals surface area contributed by atoms with Crippen molar-refractivity contribution in [1.82, 2.24) is 75.4 Å². The largest absolute Gasteiger partial charge is 0.394 e. The van der Waals surface area contributed by atoms with E-state index in [0.717, 1.165) is 16.7 Å². The molecule has 9 heterocycles. The van der Waals surface area contributed by atoms with Crippen molar-refractivity contribution in [3.05, 3.63) is 106 Å². The molecule has 438 valence electrons. The summed E-state index contributed by atoms with van der Waals surface area (Å²) in [5, 5.41) is 191. The van der Waals surface area contributed by atoms with Gasteiger partial charge >= 0.3 is 0 Å². The van der Waals surface area contributed by atoms with Crippen LogP contribution in [-0.4, -0.2) is 245 Å². The molecule has 10 rings (SSSR count). The Balaban J connectivity index is 0.815. The molecule has 15 N–H and O–H groups in total. The molecule has 15 atom stereocenters. The van der Waals surface area contributed by atoms with Gasteiger partial charge in [-0.2, -0.15) is 15.0 Å². The van der Waals surface area contributed by atoms with Gasteiger partial charge in [-0.3, -0.25) is 0 Å². The van der Waals surface area contributed by atoms with Gasteiger partial charge in [-0.25, -0.2) is 14.0 Å². The fourth-order valence-electron chi connectivity index (χ4n) is 9.49. The molecule has 81 heavy (non-hydrogen) atoms. The molecular formula is C45H57N15O21. The molecule has 0 aliphatic carbocycles. The van der Waals surface area contributed by atoms with Gasteiger partial charge in [0.1, 0.15) is 73.2 Å². The van der Waals surface area contributed by atoms with Crippen LogP contribution in [0.1, 0.15) is 68.9 Å². The average molecular weight is 1140 g/mol. The van der Waals surface area contributed by atoms with Crippen LogP contribution in [0, 0.1) is 0 Å². The normalized spacial score (nSPS) is 31.7. The first-order valence-corrected chi connectivity index (χ1v) is 25.2. The molecule has 0 radical (unpaired) electrons. The van der Waals surface area contributed by atoms with E-state index in [-0.39, 0.29) is 75.8 Å². The van der Waals surface area contributed by atoms with Crippen LogP contribution in [0.5, 0.6) is 0 Å². The fraction of sp³-hybridized carbons (Fsp3) is 0.600. The molecule has 0 amide bonds. The molecular weight excluding hydrogens is 1090 g/mol. The van der Waals surface area contributed by atoms with Gasteiger partial charge in [0.2, 0.25) is 35.1 Å². The standard InChI is InChI=1S/C45H57N15O21/c61-16-25-31(64)34(67)37(70)43(73,76-25)40-46-28(79-52-40)4-1-22-13-58(55-49-22)10-19-7-20(11-59-14-23(50-56-59)2-5-29-47-41(53-80-29)44(74)38(71)35(68)32(65)26(17-62)77-44)9-21(8-19)12-60-15-24(51-57-60)3-6-30-48-42(54-81-30)45(75)39(72)36(69)33(66)27(18-63)78-45/h7-9,13-15,25-27,31-39,61-75H,1-6,10-12,16-18H2/t25-,26-,27-,31-,32-,33-,34+,35+,36+,37-,38-,39-,43+,44+,45+/m1/s1. The van der Waals surface area contributed by atoms with Gasteiger partial charge in [0, 0.05) is 57.1 Å². The highest BCUT2D eigenvalue weighted by molar-refractivity contribution is 5.31. The van der Waals surface area contributed by atoms with Gasteiger partial charge in [0.25, 0.3) is 17.4 Å². The number of rotatable bonds is 21. The van der Waals surface area contributed by atoms with E-state index in [0.29, 0.717) is 17.1 Å². The van der Waals surface area contributed by atoms with E-state index in [4.69, 9.17) is 27.8 Å². The minimum atomic E-state index is -2.70. The molecule has 0 spiro atoms. The fourth-order valence-corrected chi connectivity index (χ4v) is 9.49. The van der Waals surface area contributed by atoms with E-state index in [1.807, 2.05) is 18.2 Å². The summed E-state index contributed by atoms with van der Waals surface area (Å²) in [6.45, 7) is -1.72. The van der Waals surface area contributed by atoms with Crippen LogP contribution in [-0.2, 0) is 89.7 Å². The second kappa shape index (κ2) is 23.3. The maximum Gasteiger partial charge on any atom is 0.261 e. The van der Waals surface area contributed by atoms with Crippen LogP contribution in [0.25, 0.3) is 0 Å². The van der Waals surface area contributed by atoms with Gasteiger partial charge in [-0.15, -0.1) is 15.3 Å². The topological polar surface area (TPSA) is 540 Å². The summed E-state index contributed by atoms with van der Waals surface area (Å²) in [4.78, 5) is 12.3. The van der Waals surface area contributed by atoms with E-state index in [1.54, 1.807) is 32.6 Å². The van der Waals surface area contributed by atoms with Crippen molar-refractivity contribution in [2.45, 2.75) is 149 Å². The Bertz CT molecular complexity index is 2880. The molecule has 0 unspecified atom stereocenters.